The van der Waals surface area contributed by atoms with Crippen molar-refractivity contribution in [1.29, 1.82) is 0 Å². The van der Waals surface area contributed by atoms with Crippen molar-refractivity contribution in [2.75, 3.05) is 7.11 Å². The standard InChI is InChI=1S/C14H14F2O3/c1-19-14(18)10-6-5-8(7-12(10)17)9-3-2-4-11(15)13(9)16/h2-4,8,10H,5-7H2,1H3. The van der Waals surface area contributed by atoms with Crippen LogP contribution >= 0.6 is 0 Å². The van der Waals surface area contributed by atoms with Gasteiger partial charge >= 0.3 is 5.97 Å². The van der Waals surface area contributed by atoms with Gasteiger partial charge in [-0.25, -0.2) is 8.78 Å². The number of carbonyl (C=O) groups is 2. The van der Waals surface area contributed by atoms with Crippen LogP contribution in [0, 0.1) is 17.6 Å². The van der Waals surface area contributed by atoms with Crippen LogP contribution < -0.4 is 0 Å². The van der Waals surface area contributed by atoms with E-state index in [2.05, 4.69) is 4.74 Å². The van der Waals surface area contributed by atoms with Crippen LogP contribution in [0.2, 0.25) is 0 Å². The lowest BCUT2D eigenvalue weighted by Crippen LogP contribution is -2.31. The van der Waals surface area contributed by atoms with Crippen LogP contribution in [0.1, 0.15) is 30.7 Å². The van der Waals surface area contributed by atoms with E-state index in [0.29, 0.717) is 12.8 Å². The Morgan fingerprint density at radius 2 is 2.05 bits per heavy atom. The van der Waals surface area contributed by atoms with Crippen molar-refractivity contribution in [3.05, 3.63) is 35.4 Å². The minimum Gasteiger partial charge on any atom is -0.468 e. The van der Waals surface area contributed by atoms with Crippen LogP contribution in [0.15, 0.2) is 18.2 Å². The molecule has 0 saturated heterocycles. The average molecular weight is 268 g/mol. The zero-order valence-corrected chi connectivity index (χ0v) is 10.5. The lowest BCUT2D eigenvalue weighted by molar-refractivity contribution is -0.150. The fourth-order valence-electron chi connectivity index (χ4n) is 2.51. The van der Waals surface area contributed by atoms with Crippen molar-refractivity contribution in [2.24, 2.45) is 5.92 Å². The van der Waals surface area contributed by atoms with Gasteiger partial charge in [-0.05, 0) is 30.4 Å². The first kappa shape index (κ1) is 13.6. The first-order valence-corrected chi connectivity index (χ1v) is 6.09. The Hall–Kier alpha value is -1.78. The van der Waals surface area contributed by atoms with E-state index in [1.807, 2.05) is 0 Å². The van der Waals surface area contributed by atoms with Crippen LogP contribution in [-0.4, -0.2) is 18.9 Å². The summed E-state index contributed by atoms with van der Waals surface area (Å²) in [6.45, 7) is 0. The summed E-state index contributed by atoms with van der Waals surface area (Å²) in [5.74, 6) is -3.78. The number of ketones is 1. The van der Waals surface area contributed by atoms with Crippen molar-refractivity contribution < 1.29 is 23.1 Å². The highest BCUT2D eigenvalue weighted by molar-refractivity contribution is 5.99. The first-order valence-electron chi connectivity index (χ1n) is 6.09. The van der Waals surface area contributed by atoms with Gasteiger partial charge in [0.2, 0.25) is 0 Å². The molecule has 19 heavy (non-hydrogen) atoms. The fraction of sp³-hybridized carbons (Fsp3) is 0.429. The average Bonchev–Trinajstić information content (AvgIpc) is 2.41. The molecule has 0 aliphatic heterocycles. The lowest BCUT2D eigenvalue weighted by atomic mass is 9.77. The maximum atomic E-state index is 13.7. The molecule has 1 fully saturated rings. The van der Waals surface area contributed by atoms with Crippen molar-refractivity contribution >= 4 is 11.8 Å². The third kappa shape index (κ3) is 2.64. The number of benzene rings is 1. The molecule has 1 saturated carbocycles. The molecule has 5 heteroatoms. The van der Waals surface area contributed by atoms with E-state index >= 15 is 0 Å². The van der Waals surface area contributed by atoms with Crippen molar-refractivity contribution in [1.82, 2.24) is 0 Å². The molecular formula is C14H14F2O3. The van der Waals surface area contributed by atoms with Crippen molar-refractivity contribution in [3.63, 3.8) is 0 Å². The smallest absolute Gasteiger partial charge is 0.316 e. The van der Waals surface area contributed by atoms with Gasteiger partial charge in [0.1, 0.15) is 11.7 Å². The summed E-state index contributed by atoms with van der Waals surface area (Å²) in [4.78, 5) is 23.2. The SMILES string of the molecule is COC(=O)C1CCC(c2cccc(F)c2F)CC1=O. The summed E-state index contributed by atoms with van der Waals surface area (Å²) in [7, 11) is 1.23. The number of ether oxygens (including phenoxy) is 1. The molecule has 0 amide bonds. The Bertz CT molecular complexity index is 513. The van der Waals surface area contributed by atoms with E-state index in [-0.39, 0.29) is 23.7 Å². The summed E-state index contributed by atoms with van der Waals surface area (Å²) in [5.41, 5.74) is 0.205. The molecule has 1 aliphatic carbocycles. The number of methoxy groups -OCH3 is 1. The summed E-state index contributed by atoms with van der Waals surface area (Å²) in [5, 5.41) is 0. The monoisotopic (exact) mass is 268 g/mol. The maximum Gasteiger partial charge on any atom is 0.316 e. The first-order chi connectivity index (χ1) is 9.04. The molecule has 2 rings (SSSR count). The topological polar surface area (TPSA) is 43.4 Å². The lowest BCUT2D eigenvalue weighted by Gasteiger charge is -2.26. The molecule has 0 radical (unpaired) electrons. The Morgan fingerprint density at radius 3 is 2.68 bits per heavy atom. The number of hydrogen-bond acceptors (Lipinski definition) is 3. The number of halogens is 2. The summed E-state index contributed by atoms with van der Waals surface area (Å²) >= 11 is 0. The second-order valence-corrected chi connectivity index (χ2v) is 4.66. The molecule has 102 valence electrons. The molecule has 0 N–H and O–H groups in total. The quantitative estimate of drug-likeness (QED) is 0.611. The molecule has 0 spiro atoms. The second-order valence-electron chi connectivity index (χ2n) is 4.66. The molecule has 0 heterocycles. The predicted molar refractivity (Wildman–Crippen MR) is 63.5 cm³/mol. The summed E-state index contributed by atoms with van der Waals surface area (Å²) < 4.78 is 31.4. The van der Waals surface area contributed by atoms with Gasteiger partial charge in [-0.1, -0.05) is 12.1 Å². The highest BCUT2D eigenvalue weighted by atomic mass is 19.2. The van der Waals surface area contributed by atoms with Gasteiger partial charge < -0.3 is 4.74 Å². The van der Waals surface area contributed by atoms with E-state index in [4.69, 9.17) is 0 Å². The summed E-state index contributed by atoms with van der Waals surface area (Å²) in [6.07, 6.45) is 0.818. The number of hydrogen-bond donors (Lipinski definition) is 0. The van der Waals surface area contributed by atoms with Gasteiger partial charge in [0.15, 0.2) is 11.6 Å². The second kappa shape index (κ2) is 5.47. The zero-order chi connectivity index (χ0) is 14.0. The minimum atomic E-state index is -0.917. The molecule has 1 aromatic rings. The van der Waals surface area contributed by atoms with E-state index in [1.54, 1.807) is 0 Å². The number of Topliss-reactive ketones (excluding diaryl/α,β-unsaturated/α-hetero) is 1. The largest absolute Gasteiger partial charge is 0.468 e. The van der Waals surface area contributed by atoms with Crippen molar-refractivity contribution in [2.45, 2.75) is 25.2 Å². The third-order valence-electron chi connectivity index (χ3n) is 3.55. The normalized spacial score (nSPS) is 23.2. The Balaban J connectivity index is 2.16. The molecule has 1 aliphatic rings. The molecule has 0 bridgehead atoms. The zero-order valence-electron chi connectivity index (χ0n) is 10.5. The Labute approximate surface area is 109 Å². The fourth-order valence-corrected chi connectivity index (χ4v) is 2.51. The van der Waals surface area contributed by atoms with Crippen LogP contribution in [-0.2, 0) is 14.3 Å². The molecule has 3 nitrogen and oxygen atoms in total. The molecule has 2 atom stereocenters. The van der Waals surface area contributed by atoms with Crippen molar-refractivity contribution in [3.8, 4) is 0 Å². The van der Waals surface area contributed by atoms with E-state index < -0.39 is 23.5 Å². The van der Waals surface area contributed by atoms with Gasteiger partial charge in [-0.2, -0.15) is 0 Å². The highest BCUT2D eigenvalue weighted by Crippen LogP contribution is 2.35. The van der Waals surface area contributed by atoms with Crippen LogP contribution in [0.4, 0.5) is 8.78 Å². The van der Waals surface area contributed by atoms with Gasteiger partial charge in [0.05, 0.1) is 7.11 Å². The number of esters is 1. The highest BCUT2D eigenvalue weighted by Gasteiger charge is 2.35. The Kier molecular flexibility index (Phi) is 3.93. The molecular weight excluding hydrogens is 254 g/mol. The van der Waals surface area contributed by atoms with Gasteiger partial charge in [-0.3, -0.25) is 9.59 Å². The van der Waals surface area contributed by atoms with E-state index in [9.17, 15) is 18.4 Å². The summed E-state index contributed by atoms with van der Waals surface area (Å²) in [6, 6.07) is 3.94. The van der Waals surface area contributed by atoms with Crippen LogP contribution in [0.5, 0.6) is 0 Å². The molecule has 0 aromatic heterocycles. The number of carbonyl (C=O) groups excluding carboxylic acids is 2. The molecule has 1 aromatic carbocycles. The molecule has 2 unspecified atom stereocenters. The minimum absolute atomic E-state index is 0.0418. The maximum absolute atomic E-state index is 13.7. The van der Waals surface area contributed by atoms with E-state index in [0.717, 1.165) is 6.07 Å². The predicted octanol–water partition coefficient (Wildman–Crippen LogP) is 2.59. The third-order valence-corrected chi connectivity index (χ3v) is 3.55. The van der Waals surface area contributed by atoms with Crippen LogP contribution in [0.3, 0.4) is 0 Å². The van der Waals surface area contributed by atoms with Gasteiger partial charge in [0, 0.05) is 6.42 Å². The van der Waals surface area contributed by atoms with Gasteiger partial charge in [0.25, 0.3) is 0 Å². The number of rotatable bonds is 2. The Morgan fingerprint density at radius 1 is 1.32 bits per heavy atom. The van der Waals surface area contributed by atoms with Gasteiger partial charge in [-0.15, -0.1) is 0 Å². The van der Waals surface area contributed by atoms with E-state index in [1.165, 1.54) is 19.2 Å². The van der Waals surface area contributed by atoms with Crippen LogP contribution in [0.25, 0.3) is 0 Å².